The molecule has 1 saturated carbocycles. The van der Waals surface area contributed by atoms with Gasteiger partial charge in [0.25, 0.3) is 0 Å². The molecule has 1 aliphatic carbocycles. The summed E-state index contributed by atoms with van der Waals surface area (Å²) < 4.78 is 28.3. The summed E-state index contributed by atoms with van der Waals surface area (Å²) in [6.07, 6.45) is 8.43. The molecule has 0 radical (unpaired) electrons. The van der Waals surface area contributed by atoms with Crippen molar-refractivity contribution in [3.63, 3.8) is 0 Å². The van der Waals surface area contributed by atoms with E-state index < -0.39 is 23.8 Å². The SMILES string of the molecule is CCCC.CCCNC(=O)Cc1cccc(N[C@@H](Cc2cc(F)cc(F)c2)[C@H](O)CNC2(c3cccc(C(C)(C)C)c3)CCCCC2)c1. The van der Waals surface area contributed by atoms with E-state index in [-0.39, 0.29) is 29.7 Å². The molecule has 0 bridgehead atoms. The summed E-state index contributed by atoms with van der Waals surface area (Å²) in [7, 11) is 0. The average Bonchev–Trinajstić information content (AvgIpc) is 3.06. The Labute approximate surface area is 288 Å². The molecule has 0 unspecified atom stereocenters. The number of amides is 1. The number of unbranched alkanes of at least 4 members (excludes halogenated alkanes) is 1. The first-order valence-corrected chi connectivity index (χ1v) is 18.0. The number of benzene rings is 3. The van der Waals surface area contributed by atoms with E-state index in [0.717, 1.165) is 49.4 Å². The van der Waals surface area contributed by atoms with E-state index in [9.17, 15) is 18.7 Å². The van der Waals surface area contributed by atoms with E-state index in [2.05, 4.69) is 74.8 Å². The third kappa shape index (κ3) is 12.3. The highest BCUT2D eigenvalue weighted by atomic mass is 19.1. The second-order valence-corrected chi connectivity index (χ2v) is 14.4. The second kappa shape index (κ2) is 19.0. The lowest BCUT2D eigenvalue weighted by molar-refractivity contribution is -0.120. The monoisotopic (exact) mass is 663 g/mol. The molecule has 48 heavy (non-hydrogen) atoms. The van der Waals surface area contributed by atoms with Gasteiger partial charge < -0.3 is 21.1 Å². The number of hydrogen-bond donors (Lipinski definition) is 4. The third-order valence-electron chi connectivity index (χ3n) is 9.20. The number of aliphatic hydroxyl groups excluding tert-OH is 1. The first kappa shape index (κ1) is 39.2. The van der Waals surface area contributed by atoms with Crippen molar-refractivity contribution in [3.8, 4) is 0 Å². The topological polar surface area (TPSA) is 73.4 Å². The van der Waals surface area contributed by atoms with E-state index in [1.54, 1.807) is 0 Å². The maximum absolute atomic E-state index is 14.1. The first-order valence-electron chi connectivity index (χ1n) is 18.0. The molecule has 1 aliphatic rings. The van der Waals surface area contributed by atoms with Crippen molar-refractivity contribution in [2.45, 2.75) is 129 Å². The molecule has 5 nitrogen and oxygen atoms in total. The van der Waals surface area contributed by atoms with Crippen LogP contribution in [0.3, 0.4) is 0 Å². The van der Waals surface area contributed by atoms with Crippen molar-refractivity contribution in [1.82, 2.24) is 10.6 Å². The molecule has 2 atom stereocenters. The number of carbonyl (C=O) groups excluding carboxylic acids is 1. The lowest BCUT2D eigenvalue weighted by atomic mass is 9.74. The Morgan fingerprint density at radius 3 is 2.15 bits per heavy atom. The Balaban J connectivity index is 0.00000148. The molecule has 0 aromatic heterocycles. The van der Waals surface area contributed by atoms with Crippen LogP contribution in [0.2, 0.25) is 0 Å². The molecule has 4 N–H and O–H groups in total. The summed E-state index contributed by atoms with van der Waals surface area (Å²) >= 11 is 0. The van der Waals surface area contributed by atoms with Gasteiger partial charge in [-0.25, -0.2) is 8.78 Å². The van der Waals surface area contributed by atoms with Gasteiger partial charge in [0.15, 0.2) is 0 Å². The van der Waals surface area contributed by atoms with Gasteiger partial charge in [0, 0.05) is 30.4 Å². The number of anilines is 1. The minimum Gasteiger partial charge on any atom is -0.390 e. The van der Waals surface area contributed by atoms with Crippen molar-refractivity contribution in [2.24, 2.45) is 0 Å². The minimum absolute atomic E-state index is 0.0197. The maximum atomic E-state index is 14.1. The number of nitrogens with one attached hydrogen (secondary N) is 3. The quantitative estimate of drug-likeness (QED) is 0.139. The number of carbonyl (C=O) groups is 1. The first-order chi connectivity index (χ1) is 22.9. The van der Waals surface area contributed by atoms with Gasteiger partial charge >= 0.3 is 0 Å². The molecular weight excluding hydrogens is 604 g/mol. The third-order valence-corrected chi connectivity index (χ3v) is 9.20. The van der Waals surface area contributed by atoms with Crippen LogP contribution in [-0.4, -0.2) is 36.2 Å². The Kier molecular flexibility index (Phi) is 15.5. The zero-order valence-corrected chi connectivity index (χ0v) is 30.1. The van der Waals surface area contributed by atoms with Crippen LogP contribution >= 0.6 is 0 Å². The standard InChI is InChI=1S/C37H49F2N3O2.C4H10/c1-5-17-40-35(44)22-26-11-9-14-32(20-26)42-33(21-27-18-30(38)24-31(39)19-27)34(43)25-41-37(15-7-6-8-16-37)29-13-10-12-28(23-29)36(2,3)4;1-3-4-2/h9-14,18-20,23-24,33-34,41-43H,5-8,15-17,21-22,25H2,1-4H3,(H,40,44);3-4H2,1-2H3/t33-,34+;/m0./s1. The molecule has 7 heteroatoms. The lowest BCUT2D eigenvalue weighted by Crippen LogP contribution is -2.50. The fourth-order valence-corrected chi connectivity index (χ4v) is 6.21. The number of aliphatic hydroxyl groups is 1. The summed E-state index contributed by atoms with van der Waals surface area (Å²) in [6, 6.07) is 19.3. The van der Waals surface area contributed by atoms with E-state index in [0.29, 0.717) is 18.7 Å². The maximum Gasteiger partial charge on any atom is 0.224 e. The summed E-state index contributed by atoms with van der Waals surface area (Å²) in [6.45, 7) is 14.0. The minimum atomic E-state index is -0.873. The van der Waals surface area contributed by atoms with Gasteiger partial charge in [-0.15, -0.1) is 0 Å². The lowest BCUT2D eigenvalue weighted by Gasteiger charge is -2.41. The fourth-order valence-electron chi connectivity index (χ4n) is 6.21. The van der Waals surface area contributed by atoms with E-state index >= 15 is 0 Å². The highest BCUT2D eigenvalue weighted by Crippen LogP contribution is 2.39. The van der Waals surface area contributed by atoms with Crippen LogP contribution in [0.5, 0.6) is 0 Å². The van der Waals surface area contributed by atoms with Crippen LogP contribution in [0, 0.1) is 11.6 Å². The average molecular weight is 664 g/mol. The fraction of sp³-hybridized carbons (Fsp3) is 0.537. The molecule has 0 spiro atoms. The number of hydrogen-bond acceptors (Lipinski definition) is 4. The molecule has 1 fully saturated rings. The van der Waals surface area contributed by atoms with E-state index in [1.165, 1.54) is 42.5 Å². The Morgan fingerprint density at radius 1 is 0.854 bits per heavy atom. The van der Waals surface area contributed by atoms with Crippen molar-refractivity contribution in [3.05, 3.63) is 101 Å². The molecule has 4 rings (SSSR count). The van der Waals surface area contributed by atoms with E-state index in [4.69, 9.17) is 0 Å². The summed E-state index contributed by atoms with van der Waals surface area (Å²) in [5.74, 6) is -1.34. The molecule has 1 amide bonds. The normalized spacial score (nSPS) is 15.5. The van der Waals surface area contributed by atoms with Crippen molar-refractivity contribution >= 4 is 11.6 Å². The van der Waals surface area contributed by atoms with Crippen LogP contribution in [0.25, 0.3) is 0 Å². The Bertz CT molecular complexity index is 1390. The molecule has 3 aromatic rings. The molecule has 264 valence electrons. The summed E-state index contributed by atoms with van der Waals surface area (Å²) in [4.78, 5) is 12.3. The predicted octanol–water partition coefficient (Wildman–Crippen LogP) is 8.97. The smallest absolute Gasteiger partial charge is 0.224 e. The highest BCUT2D eigenvalue weighted by Gasteiger charge is 2.35. The predicted molar refractivity (Wildman–Crippen MR) is 195 cm³/mol. The van der Waals surface area contributed by atoms with Crippen LogP contribution in [0.15, 0.2) is 66.7 Å². The van der Waals surface area contributed by atoms with Gasteiger partial charge in [-0.2, -0.15) is 0 Å². The summed E-state index contributed by atoms with van der Waals surface area (Å²) in [5, 5.41) is 21.8. The zero-order valence-electron chi connectivity index (χ0n) is 30.1. The van der Waals surface area contributed by atoms with Crippen molar-refractivity contribution in [1.29, 1.82) is 0 Å². The van der Waals surface area contributed by atoms with E-state index in [1.807, 2.05) is 31.2 Å². The summed E-state index contributed by atoms with van der Waals surface area (Å²) in [5.41, 5.74) is 4.30. The zero-order chi connectivity index (χ0) is 35.2. The molecular formula is C41H59F2N3O2. The highest BCUT2D eigenvalue weighted by molar-refractivity contribution is 5.78. The second-order valence-electron chi connectivity index (χ2n) is 14.4. The molecule has 0 heterocycles. The molecule has 3 aromatic carbocycles. The Hall–Kier alpha value is -3.29. The molecule has 0 saturated heterocycles. The van der Waals surface area contributed by atoms with Crippen LogP contribution in [0.4, 0.5) is 14.5 Å². The van der Waals surface area contributed by atoms with Gasteiger partial charge in [-0.05, 0) is 77.6 Å². The van der Waals surface area contributed by atoms with Gasteiger partial charge in [0.1, 0.15) is 11.6 Å². The molecule has 0 aliphatic heterocycles. The van der Waals surface area contributed by atoms with Gasteiger partial charge in [-0.3, -0.25) is 4.79 Å². The van der Waals surface area contributed by atoms with Crippen LogP contribution in [-0.2, 0) is 28.6 Å². The van der Waals surface area contributed by atoms with Crippen LogP contribution in [0.1, 0.15) is 115 Å². The Morgan fingerprint density at radius 2 is 1.52 bits per heavy atom. The van der Waals surface area contributed by atoms with Gasteiger partial charge in [0.05, 0.1) is 18.6 Å². The number of rotatable bonds is 14. The van der Waals surface area contributed by atoms with Gasteiger partial charge in [-0.1, -0.05) is 110 Å². The number of halogens is 2. The largest absolute Gasteiger partial charge is 0.390 e. The van der Waals surface area contributed by atoms with Gasteiger partial charge in [0.2, 0.25) is 5.91 Å². The van der Waals surface area contributed by atoms with Crippen LogP contribution < -0.4 is 16.0 Å². The van der Waals surface area contributed by atoms with Crippen molar-refractivity contribution in [2.75, 3.05) is 18.4 Å². The van der Waals surface area contributed by atoms with Crippen molar-refractivity contribution < 1.29 is 18.7 Å².